The molecule has 2 aromatic rings. The second-order valence-corrected chi connectivity index (χ2v) is 7.54. The molecule has 8 heteroatoms. The van der Waals surface area contributed by atoms with E-state index in [9.17, 15) is 9.59 Å². The Balaban J connectivity index is 1.62. The van der Waals surface area contributed by atoms with Gasteiger partial charge in [-0.1, -0.05) is 11.6 Å². The van der Waals surface area contributed by atoms with Crippen LogP contribution in [0.3, 0.4) is 0 Å². The molecule has 148 valence electrons. The van der Waals surface area contributed by atoms with E-state index >= 15 is 0 Å². The normalized spacial score (nSPS) is 19.0. The molecule has 2 atom stereocenters. The Kier molecular flexibility index (Phi) is 6.46. The van der Waals surface area contributed by atoms with E-state index in [1.165, 1.54) is 6.20 Å². The molecular formula is C20H24ClN5O2. The number of carbonyl (C=O) groups is 2. The lowest BCUT2D eigenvalue weighted by molar-refractivity contribution is 0.0903. The number of hydrogen-bond acceptors (Lipinski definition) is 5. The monoisotopic (exact) mass is 401 g/mol. The van der Waals surface area contributed by atoms with Gasteiger partial charge in [-0.2, -0.15) is 0 Å². The highest BCUT2D eigenvalue weighted by Crippen LogP contribution is 2.22. The highest BCUT2D eigenvalue weighted by Gasteiger charge is 2.26. The van der Waals surface area contributed by atoms with Crippen molar-refractivity contribution in [2.45, 2.75) is 37.8 Å². The van der Waals surface area contributed by atoms with Crippen molar-refractivity contribution in [3.05, 3.63) is 52.9 Å². The fraction of sp³-hybridized carbons (Fsp3) is 0.400. The molecule has 1 aliphatic carbocycles. The molecule has 3 rings (SSSR count). The number of anilines is 1. The Hall–Kier alpha value is -2.67. The van der Waals surface area contributed by atoms with E-state index in [1.54, 1.807) is 30.6 Å². The average Bonchev–Trinajstić information content (AvgIpc) is 2.68. The molecule has 0 bridgehead atoms. The van der Waals surface area contributed by atoms with Crippen LogP contribution in [0, 0.1) is 0 Å². The number of pyridine rings is 2. The maximum Gasteiger partial charge on any atom is 0.255 e. The van der Waals surface area contributed by atoms with Crippen LogP contribution >= 0.6 is 11.6 Å². The number of amides is 2. The van der Waals surface area contributed by atoms with Crippen molar-refractivity contribution < 1.29 is 9.59 Å². The number of hydrogen-bond donors (Lipinski definition) is 2. The lowest BCUT2D eigenvalue weighted by Gasteiger charge is -2.30. The smallest absolute Gasteiger partial charge is 0.255 e. The molecule has 2 N–H and O–H groups in total. The van der Waals surface area contributed by atoms with Gasteiger partial charge in [0.2, 0.25) is 0 Å². The maximum atomic E-state index is 12.7. The number of rotatable bonds is 5. The zero-order chi connectivity index (χ0) is 20.1. The third-order valence-corrected chi connectivity index (χ3v) is 5.12. The van der Waals surface area contributed by atoms with Gasteiger partial charge in [-0.25, -0.2) is 4.98 Å². The lowest BCUT2D eigenvalue weighted by Crippen LogP contribution is -2.46. The SMILES string of the molecule is CN(C)c1ncccc1C(=O)NC1CCCC(NC(=O)c2ccncc2Cl)C1. The highest BCUT2D eigenvalue weighted by molar-refractivity contribution is 6.33. The number of halogens is 1. The molecule has 0 spiro atoms. The third kappa shape index (κ3) is 4.78. The van der Waals surface area contributed by atoms with Crippen LogP contribution in [-0.4, -0.2) is 48.0 Å². The molecule has 1 aliphatic rings. The Morgan fingerprint density at radius 2 is 1.75 bits per heavy atom. The Morgan fingerprint density at radius 3 is 2.39 bits per heavy atom. The average molecular weight is 402 g/mol. The van der Waals surface area contributed by atoms with Crippen LogP contribution in [0.25, 0.3) is 0 Å². The van der Waals surface area contributed by atoms with Crippen LogP contribution in [0.2, 0.25) is 5.02 Å². The summed E-state index contributed by atoms with van der Waals surface area (Å²) in [6.07, 6.45) is 8.02. The molecule has 2 unspecified atom stereocenters. The van der Waals surface area contributed by atoms with E-state index in [4.69, 9.17) is 11.6 Å². The summed E-state index contributed by atoms with van der Waals surface area (Å²) in [4.78, 5) is 35.2. The minimum atomic E-state index is -0.216. The van der Waals surface area contributed by atoms with Gasteiger partial charge in [0, 0.05) is 44.8 Å². The second kappa shape index (κ2) is 9.01. The largest absolute Gasteiger partial charge is 0.362 e. The van der Waals surface area contributed by atoms with E-state index < -0.39 is 0 Å². The first-order valence-electron chi connectivity index (χ1n) is 9.29. The van der Waals surface area contributed by atoms with Crippen molar-refractivity contribution in [3.8, 4) is 0 Å². The van der Waals surface area contributed by atoms with Gasteiger partial charge < -0.3 is 15.5 Å². The quantitative estimate of drug-likeness (QED) is 0.804. The summed E-state index contributed by atoms with van der Waals surface area (Å²) in [6, 6.07) is 5.10. The van der Waals surface area contributed by atoms with Gasteiger partial charge in [0.15, 0.2) is 0 Å². The zero-order valence-electron chi connectivity index (χ0n) is 16.0. The molecular weight excluding hydrogens is 378 g/mol. The van der Waals surface area contributed by atoms with E-state index in [0.717, 1.165) is 19.3 Å². The highest BCUT2D eigenvalue weighted by atomic mass is 35.5. The van der Waals surface area contributed by atoms with Crippen molar-refractivity contribution >= 4 is 29.2 Å². The second-order valence-electron chi connectivity index (χ2n) is 7.13. The fourth-order valence-corrected chi connectivity index (χ4v) is 3.67. The summed E-state index contributed by atoms with van der Waals surface area (Å²) in [6.45, 7) is 0. The van der Waals surface area contributed by atoms with Crippen LogP contribution in [0.5, 0.6) is 0 Å². The van der Waals surface area contributed by atoms with Gasteiger partial charge >= 0.3 is 0 Å². The first-order chi connectivity index (χ1) is 13.5. The molecule has 2 amide bonds. The van der Waals surface area contributed by atoms with Gasteiger partial charge in [-0.3, -0.25) is 14.6 Å². The fourth-order valence-electron chi connectivity index (χ4n) is 3.47. The number of nitrogens with one attached hydrogen (secondary N) is 2. The molecule has 0 radical (unpaired) electrons. The molecule has 0 saturated heterocycles. The zero-order valence-corrected chi connectivity index (χ0v) is 16.7. The summed E-state index contributed by atoms with van der Waals surface area (Å²) in [5, 5.41) is 6.44. The molecule has 28 heavy (non-hydrogen) atoms. The van der Waals surface area contributed by atoms with Crippen molar-refractivity contribution in [1.82, 2.24) is 20.6 Å². The minimum Gasteiger partial charge on any atom is -0.362 e. The van der Waals surface area contributed by atoms with E-state index in [2.05, 4.69) is 20.6 Å². The first-order valence-corrected chi connectivity index (χ1v) is 9.67. The summed E-state index contributed by atoms with van der Waals surface area (Å²) >= 11 is 6.05. The van der Waals surface area contributed by atoms with Gasteiger partial charge in [0.1, 0.15) is 5.82 Å². The van der Waals surface area contributed by atoms with E-state index in [1.807, 2.05) is 19.0 Å². The van der Waals surface area contributed by atoms with Crippen LogP contribution in [0.4, 0.5) is 5.82 Å². The molecule has 0 aromatic carbocycles. The summed E-state index contributed by atoms with van der Waals surface area (Å²) in [5.74, 6) is 0.269. The van der Waals surface area contributed by atoms with Crippen LogP contribution in [0.1, 0.15) is 46.4 Å². The molecule has 1 saturated carbocycles. The van der Waals surface area contributed by atoms with E-state index in [0.29, 0.717) is 28.4 Å². The topological polar surface area (TPSA) is 87.2 Å². The van der Waals surface area contributed by atoms with Crippen LogP contribution in [0.15, 0.2) is 36.8 Å². The summed E-state index contributed by atoms with van der Waals surface area (Å²) < 4.78 is 0. The Bertz CT molecular complexity index is 858. The number of carbonyl (C=O) groups excluding carboxylic acids is 2. The Labute approximate surface area is 169 Å². The summed E-state index contributed by atoms with van der Waals surface area (Å²) in [5.41, 5.74) is 0.955. The predicted molar refractivity (Wildman–Crippen MR) is 109 cm³/mol. The van der Waals surface area contributed by atoms with Crippen LogP contribution in [-0.2, 0) is 0 Å². The molecule has 7 nitrogen and oxygen atoms in total. The van der Waals surface area contributed by atoms with Gasteiger partial charge in [-0.05, 0) is 43.9 Å². The minimum absolute atomic E-state index is 0.00493. The van der Waals surface area contributed by atoms with Gasteiger partial charge in [0.05, 0.1) is 16.1 Å². The third-order valence-electron chi connectivity index (χ3n) is 4.82. The van der Waals surface area contributed by atoms with Crippen molar-refractivity contribution in [2.75, 3.05) is 19.0 Å². The number of aromatic nitrogens is 2. The molecule has 1 fully saturated rings. The van der Waals surface area contributed by atoms with Crippen molar-refractivity contribution in [3.63, 3.8) is 0 Å². The maximum absolute atomic E-state index is 12.7. The van der Waals surface area contributed by atoms with Gasteiger partial charge in [-0.15, -0.1) is 0 Å². The predicted octanol–water partition coefficient (Wildman–Crippen LogP) is 2.67. The lowest BCUT2D eigenvalue weighted by atomic mass is 9.90. The molecule has 2 aromatic heterocycles. The number of nitrogens with zero attached hydrogens (tertiary/aromatic N) is 3. The van der Waals surface area contributed by atoms with Crippen molar-refractivity contribution in [2.24, 2.45) is 0 Å². The first kappa shape index (κ1) is 20.1. The summed E-state index contributed by atoms with van der Waals surface area (Å²) in [7, 11) is 3.71. The van der Waals surface area contributed by atoms with Crippen LogP contribution < -0.4 is 15.5 Å². The standard InChI is InChI=1S/C20H24ClN5O2/c1-26(2)18-16(7-4-9-23-18)20(28)25-14-6-3-5-13(11-14)24-19(27)15-8-10-22-12-17(15)21/h4,7-10,12-14H,3,5-6,11H2,1-2H3,(H,24,27)(H,25,28). The molecule has 0 aliphatic heterocycles. The van der Waals surface area contributed by atoms with Crippen molar-refractivity contribution in [1.29, 1.82) is 0 Å². The Morgan fingerprint density at radius 1 is 1.07 bits per heavy atom. The van der Waals surface area contributed by atoms with E-state index in [-0.39, 0.29) is 23.9 Å². The molecule has 2 heterocycles. The van der Waals surface area contributed by atoms with Gasteiger partial charge in [0.25, 0.3) is 11.8 Å².